The van der Waals surface area contributed by atoms with E-state index in [2.05, 4.69) is 19.2 Å². The van der Waals surface area contributed by atoms with Gasteiger partial charge in [0.1, 0.15) is 0 Å². The van der Waals surface area contributed by atoms with Gasteiger partial charge >= 0.3 is 17.9 Å². The molecule has 41 heavy (non-hydrogen) atoms. The highest BCUT2D eigenvalue weighted by atomic mass is 16.4. The number of quaternary nitrogens is 1. The first-order valence-electron chi connectivity index (χ1n) is 17.0. The summed E-state index contributed by atoms with van der Waals surface area (Å²) in [5, 5.41) is 27.1. The van der Waals surface area contributed by atoms with Gasteiger partial charge in [-0.15, -0.1) is 0 Å². The summed E-state index contributed by atoms with van der Waals surface area (Å²) >= 11 is 0. The molecule has 3 N–H and O–H groups in total. The first kappa shape index (κ1) is 39.1. The van der Waals surface area contributed by atoms with E-state index in [1.54, 1.807) is 0 Å². The minimum Gasteiger partial charge on any atom is -0.481 e. The molecule has 0 aliphatic rings. The zero-order valence-corrected chi connectivity index (χ0v) is 26.5. The van der Waals surface area contributed by atoms with Crippen molar-refractivity contribution in [2.75, 3.05) is 19.6 Å². The Hall–Kier alpha value is -1.89. The van der Waals surface area contributed by atoms with Crippen molar-refractivity contribution in [2.24, 2.45) is 0 Å². The van der Waals surface area contributed by atoms with Gasteiger partial charge in [0.25, 0.3) is 0 Å². The van der Waals surface area contributed by atoms with Crippen molar-refractivity contribution in [3.63, 3.8) is 0 Å². The minimum atomic E-state index is -0.783. The summed E-state index contributed by atoms with van der Waals surface area (Å²) in [5.41, 5.74) is 0. The van der Waals surface area contributed by atoms with E-state index >= 15 is 0 Å². The van der Waals surface area contributed by atoms with Crippen LogP contribution >= 0.6 is 0 Å². The van der Waals surface area contributed by atoms with Crippen LogP contribution in [-0.4, -0.2) is 57.3 Å². The van der Waals surface area contributed by atoms with Crippen LogP contribution in [0.25, 0.3) is 0 Å². The topological polar surface area (TPSA) is 112 Å². The molecular formula is C34H64NO6+. The predicted octanol–water partition coefficient (Wildman–Crippen LogP) is 9.34. The fraction of sp³-hybridized carbons (Fsp3) is 0.853. The highest BCUT2D eigenvalue weighted by molar-refractivity contribution is 5.67. The molecule has 0 fully saturated rings. The Kier molecular flexibility index (Phi) is 26.9. The summed E-state index contributed by atoms with van der Waals surface area (Å²) < 4.78 is 0.692. The van der Waals surface area contributed by atoms with Gasteiger partial charge in [-0.1, -0.05) is 96.8 Å². The molecule has 0 aromatic carbocycles. The van der Waals surface area contributed by atoms with Crippen molar-refractivity contribution in [1.82, 2.24) is 0 Å². The lowest BCUT2D eigenvalue weighted by Crippen LogP contribution is -2.45. The summed E-state index contributed by atoms with van der Waals surface area (Å²) in [6.45, 7) is 4.69. The van der Waals surface area contributed by atoms with E-state index in [0.29, 0.717) is 23.7 Å². The third-order valence-corrected chi connectivity index (χ3v) is 8.13. The Labute approximate surface area is 251 Å². The van der Waals surface area contributed by atoms with Crippen molar-refractivity contribution in [3.05, 3.63) is 12.3 Å². The maximum absolute atomic E-state index is 11.0. The van der Waals surface area contributed by atoms with Crippen molar-refractivity contribution in [2.45, 2.75) is 167 Å². The van der Waals surface area contributed by atoms with Crippen LogP contribution < -0.4 is 0 Å². The van der Waals surface area contributed by atoms with Crippen molar-refractivity contribution in [1.29, 1.82) is 0 Å². The Morgan fingerprint density at radius 3 is 1.10 bits per heavy atom. The van der Waals surface area contributed by atoms with Gasteiger partial charge in [0.2, 0.25) is 0 Å². The molecule has 0 spiro atoms. The second-order valence-electron chi connectivity index (χ2n) is 12.1. The normalized spacial score (nSPS) is 11.8. The zero-order chi connectivity index (χ0) is 30.4. The van der Waals surface area contributed by atoms with Crippen LogP contribution in [0, 0.1) is 0 Å². The summed E-state index contributed by atoms with van der Waals surface area (Å²) in [7, 11) is 0. The molecule has 0 saturated heterocycles. The molecule has 7 nitrogen and oxygen atoms in total. The molecule has 0 radical (unpaired) electrons. The maximum Gasteiger partial charge on any atom is 0.303 e. The molecule has 0 unspecified atom stereocenters. The molecule has 0 amide bonds. The molecule has 0 saturated carbocycles. The Morgan fingerprint density at radius 2 is 0.780 bits per heavy atom. The number of hydrogen-bond donors (Lipinski definition) is 3. The van der Waals surface area contributed by atoms with E-state index in [4.69, 9.17) is 15.3 Å². The van der Waals surface area contributed by atoms with Crippen LogP contribution in [0.5, 0.6) is 0 Å². The maximum atomic E-state index is 11.0. The number of carbonyl (C=O) groups is 3. The third kappa shape index (κ3) is 28.0. The molecule has 0 rings (SSSR count). The number of carboxylic acid groups (broad SMARTS) is 3. The Balaban J connectivity index is 4.46. The quantitative estimate of drug-likeness (QED) is 0.0538. The summed E-state index contributed by atoms with van der Waals surface area (Å²) in [6, 6.07) is 0. The van der Waals surface area contributed by atoms with Gasteiger partial charge in [-0.3, -0.25) is 18.9 Å². The van der Waals surface area contributed by atoms with Gasteiger partial charge in [0.05, 0.1) is 25.8 Å². The van der Waals surface area contributed by atoms with Crippen LogP contribution in [-0.2, 0) is 14.4 Å². The van der Waals surface area contributed by atoms with Crippen LogP contribution in [0.3, 0.4) is 0 Å². The van der Waals surface area contributed by atoms with Crippen molar-refractivity contribution < 1.29 is 34.2 Å². The Bertz CT molecular complexity index is 623. The van der Waals surface area contributed by atoms with Gasteiger partial charge in [0.15, 0.2) is 0 Å². The van der Waals surface area contributed by atoms with Crippen LogP contribution in [0.2, 0.25) is 0 Å². The monoisotopic (exact) mass is 582 g/mol. The first-order chi connectivity index (χ1) is 19.8. The standard InChI is InChI=1S/C34H63NO6/c1-2-3-4-5-6-7-8-9-10-11-12-13-14-15-16-17-21-28-35(29-22-18-25-32(36)37,30-23-19-26-33(38)39)31-24-20-27-34(40)41/h21,28H,2-20,22-27,29-31H2,1H3,(H2-,36,37,38,39,40,41)/p+1/b28-21+. The number of hydrogen-bond acceptors (Lipinski definition) is 3. The smallest absolute Gasteiger partial charge is 0.303 e. The van der Waals surface area contributed by atoms with E-state index in [-0.39, 0.29) is 19.3 Å². The zero-order valence-electron chi connectivity index (χ0n) is 26.5. The second-order valence-corrected chi connectivity index (χ2v) is 12.1. The molecule has 7 heteroatoms. The van der Waals surface area contributed by atoms with E-state index in [0.717, 1.165) is 51.7 Å². The summed E-state index contributed by atoms with van der Waals surface area (Å²) in [6.07, 6.45) is 30.4. The lowest BCUT2D eigenvalue weighted by Gasteiger charge is -2.35. The molecule has 240 valence electrons. The van der Waals surface area contributed by atoms with E-state index in [1.807, 2.05) is 0 Å². The highest BCUT2D eigenvalue weighted by Gasteiger charge is 2.24. The summed E-state index contributed by atoms with van der Waals surface area (Å²) in [5.74, 6) is -2.35. The van der Waals surface area contributed by atoms with E-state index in [1.165, 1.54) is 89.9 Å². The molecule has 0 heterocycles. The number of nitrogens with zero attached hydrogens (tertiary/aromatic N) is 1. The number of carboxylic acids is 3. The first-order valence-corrected chi connectivity index (χ1v) is 17.0. The molecule has 0 bridgehead atoms. The molecule has 0 aromatic heterocycles. The number of rotatable bonds is 32. The number of aliphatic carboxylic acids is 3. The third-order valence-electron chi connectivity index (χ3n) is 8.13. The fourth-order valence-electron chi connectivity index (χ4n) is 5.60. The molecule has 0 aliphatic carbocycles. The lowest BCUT2D eigenvalue weighted by atomic mass is 10.0. The van der Waals surface area contributed by atoms with E-state index in [9.17, 15) is 14.4 Å². The van der Waals surface area contributed by atoms with Gasteiger partial charge < -0.3 is 15.3 Å². The minimum absolute atomic E-state index is 0.154. The molecule has 0 aliphatic heterocycles. The predicted molar refractivity (Wildman–Crippen MR) is 168 cm³/mol. The van der Waals surface area contributed by atoms with Gasteiger partial charge in [-0.05, 0) is 57.4 Å². The van der Waals surface area contributed by atoms with Crippen LogP contribution in [0.4, 0.5) is 0 Å². The van der Waals surface area contributed by atoms with Gasteiger partial charge in [0, 0.05) is 19.3 Å². The second kappa shape index (κ2) is 28.2. The largest absolute Gasteiger partial charge is 0.481 e. The number of unbranched alkanes of at least 4 members (excludes halogenated alkanes) is 18. The Morgan fingerprint density at radius 1 is 0.463 bits per heavy atom. The molecule has 0 atom stereocenters. The van der Waals surface area contributed by atoms with Crippen LogP contribution in [0.15, 0.2) is 12.3 Å². The van der Waals surface area contributed by atoms with Gasteiger partial charge in [-0.2, -0.15) is 0 Å². The highest BCUT2D eigenvalue weighted by Crippen LogP contribution is 2.19. The van der Waals surface area contributed by atoms with Crippen molar-refractivity contribution >= 4 is 17.9 Å². The fourth-order valence-corrected chi connectivity index (χ4v) is 5.60. The van der Waals surface area contributed by atoms with Crippen molar-refractivity contribution in [3.8, 4) is 0 Å². The number of allylic oxidation sites excluding steroid dienone is 1. The molecule has 0 aromatic rings. The SMILES string of the molecule is CCCCCCCCCCCCCCCCC/C=C/[N+](CCCCC(=O)O)(CCCCC(=O)O)CCCCC(=O)O. The van der Waals surface area contributed by atoms with Gasteiger partial charge in [-0.25, -0.2) is 0 Å². The molecular weight excluding hydrogens is 518 g/mol. The van der Waals surface area contributed by atoms with Crippen LogP contribution in [0.1, 0.15) is 167 Å². The summed E-state index contributed by atoms with van der Waals surface area (Å²) in [4.78, 5) is 33.0. The lowest BCUT2D eigenvalue weighted by molar-refractivity contribution is -0.880. The van der Waals surface area contributed by atoms with E-state index < -0.39 is 17.9 Å². The average molecular weight is 583 g/mol. The average Bonchev–Trinajstić information content (AvgIpc) is 2.93.